The molecule has 0 fully saturated rings. The Balaban J connectivity index is 0.000000647. The molecule has 0 saturated carbocycles. The quantitative estimate of drug-likeness (QED) is 0.346. The fourth-order valence-corrected chi connectivity index (χ4v) is 3.03. The Morgan fingerprint density at radius 2 is 1.54 bits per heavy atom. The van der Waals surface area contributed by atoms with E-state index in [0.717, 1.165) is 0 Å². The zero-order valence-electron chi connectivity index (χ0n) is 14.9. The molecule has 0 aliphatic heterocycles. The summed E-state index contributed by atoms with van der Waals surface area (Å²) in [6, 6.07) is 17.9. The Labute approximate surface area is 164 Å². The number of hydrogen-bond donors (Lipinski definition) is 0. The predicted molar refractivity (Wildman–Crippen MR) is 105 cm³/mol. The maximum atomic E-state index is 4.93. The standard InChI is InChI=1S/C21H23.2ClH.Zr/c1-14-8-6-7-9-18(14)20-15(2)10-11-16-12-17(13-19(16)20)21(3,4)5;;;/h6-13H,1-5H3;2*1H;/q-1;;;+2/p-2. The van der Waals surface area contributed by atoms with Gasteiger partial charge in [-0.25, -0.2) is 0 Å². The van der Waals surface area contributed by atoms with E-state index in [1.807, 2.05) is 0 Å². The first-order chi connectivity index (χ1) is 11.3. The molecule has 0 aromatic heterocycles. The van der Waals surface area contributed by atoms with E-state index in [4.69, 9.17) is 17.0 Å². The zero-order chi connectivity index (χ0) is 17.9. The van der Waals surface area contributed by atoms with Gasteiger partial charge in [0.15, 0.2) is 0 Å². The summed E-state index contributed by atoms with van der Waals surface area (Å²) in [6.45, 7) is 11.2. The van der Waals surface area contributed by atoms with Gasteiger partial charge in [0.25, 0.3) is 0 Å². The third-order valence-electron chi connectivity index (χ3n) is 4.38. The van der Waals surface area contributed by atoms with Crippen LogP contribution in [0.2, 0.25) is 0 Å². The summed E-state index contributed by atoms with van der Waals surface area (Å²) in [5.74, 6) is 0. The zero-order valence-corrected chi connectivity index (χ0v) is 18.8. The molecule has 0 radical (unpaired) electrons. The molecule has 0 heterocycles. The summed E-state index contributed by atoms with van der Waals surface area (Å²) in [6.07, 6.45) is 0. The van der Waals surface area contributed by atoms with Crippen LogP contribution in [0.1, 0.15) is 37.5 Å². The first kappa shape index (κ1) is 19.8. The molecule has 126 valence electrons. The van der Waals surface area contributed by atoms with Crippen LogP contribution in [0.25, 0.3) is 21.9 Å². The van der Waals surface area contributed by atoms with Crippen molar-refractivity contribution in [2.75, 3.05) is 0 Å². The van der Waals surface area contributed by atoms with Gasteiger partial charge in [-0.05, 0) is 30.4 Å². The van der Waals surface area contributed by atoms with Gasteiger partial charge in [-0.3, -0.25) is 0 Å². The van der Waals surface area contributed by atoms with Crippen LogP contribution < -0.4 is 0 Å². The third kappa shape index (κ3) is 4.37. The number of aryl methyl sites for hydroxylation is 2. The van der Waals surface area contributed by atoms with Crippen molar-refractivity contribution in [1.82, 2.24) is 0 Å². The van der Waals surface area contributed by atoms with Crippen molar-refractivity contribution in [3.63, 3.8) is 0 Å². The summed E-state index contributed by atoms with van der Waals surface area (Å²) in [5, 5.41) is 2.73. The molecule has 3 rings (SSSR count). The molecular formula is C21H23Cl2Zr-. The van der Waals surface area contributed by atoms with E-state index >= 15 is 0 Å². The van der Waals surface area contributed by atoms with Gasteiger partial charge in [0.1, 0.15) is 0 Å². The molecule has 0 aliphatic rings. The minimum atomic E-state index is -0.826. The molecule has 0 unspecified atom stereocenters. The number of fused-ring (bicyclic) bond motifs is 1. The van der Waals surface area contributed by atoms with Gasteiger partial charge in [0.05, 0.1) is 0 Å². The van der Waals surface area contributed by atoms with Crippen molar-refractivity contribution in [2.24, 2.45) is 0 Å². The monoisotopic (exact) mass is 435 g/mol. The van der Waals surface area contributed by atoms with Crippen LogP contribution >= 0.6 is 17.0 Å². The van der Waals surface area contributed by atoms with Crippen LogP contribution in [0.15, 0.2) is 48.5 Å². The third-order valence-corrected chi connectivity index (χ3v) is 4.38. The molecule has 3 heteroatoms. The Morgan fingerprint density at radius 3 is 2.12 bits per heavy atom. The molecule has 0 saturated heterocycles. The first-order valence-electron chi connectivity index (χ1n) is 8.02. The van der Waals surface area contributed by atoms with Crippen molar-refractivity contribution in [3.8, 4) is 11.1 Å². The molecule has 24 heavy (non-hydrogen) atoms. The average Bonchev–Trinajstić information content (AvgIpc) is 2.93. The van der Waals surface area contributed by atoms with Gasteiger partial charge in [-0.1, -0.05) is 56.2 Å². The van der Waals surface area contributed by atoms with E-state index < -0.39 is 20.8 Å². The van der Waals surface area contributed by atoms with E-state index in [1.54, 1.807) is 0 Å². The Kier molecular flexibility index (Phi) is 6.83. The van der Waals surface area contributed by atoms with Gasteiger partial charge in [0, 0.05) is 0 Å². The Bertz CT molecular complexity index is 825. The van der Waals surface area contributed by atoms with Crippen LogP contribution in [0.4, 0.5) is 0 Å². The number of rotatable bonds is 1. The summed E-state index contributed by atoms with van der Waals surface area (Å²) in [4.78, 5) is 0. The fourth-order valence-electron chi connectivity index (χ4n) is 3.03. The van der Waals surface area contributed by atoms with Crippen LogP contribution in [-0.4, -0.2) is 0 Å². The first-order valence-corrected chi connectivity index (χ1v) is 14.4. The van der Waals surface area contributed by atoms with Gasteiger partial charge < -0.3 is 0 Å². The van der Waals surface area contributed by atoms with E-state index in [1.165, 1.54) is 38.6 Å². The summed E-state index contributed by atoms with van der Waals surface area (Å²) >= 11 is -0.826. The Morgan fingerprint density at radius 1 is 0.917 bits per heavy atom. The summed E-state index contributed by atoms with van der Waals surface area (Å²) in [5.41, 5.74) is 7.04. The van der Waals surface area contributed by atoms with Crippen molar-refractivity contribution in [3.05, 3.63) is 65.2 Å². The summed E-state index contributed by atoms with van der Waals surface area (Å²) in [7, 11) is 9.87. The van der Waals surface area contributed by atoms with Crippen LogP contribution in [0, 0.1) is 13.8 Å². The fraction of sp³-hybridized carbons (Fsp3) is 0.286. The topological polar surface area (TPSA) is 0 Å². The number of halogens is 2. The number of hydrogen-bond acceptors (Lipinski definition) is 0. The summed E-state index contributed by atoms with van der Waals surface area (Å²) < 4.78 is 0. The minimum absolute atomic E-state index is 0.190. The van der Waals surface area contributed by atoms with Crippen molar-refractivity contribution in [1.29, 1.82) is 0 Å². The van der Waals surface area contributed by atoms with Crippen LogP contribution in [-0.2, 0) is 26.3 Å². The van der Waals surface area contributed by atoms with Gasteiger partial charge in [-0.2, -0.15) is 6.07 Å². The molecular weight excluding hydrogens is 414 g/mol. The predicted octanol–water partition coefficient (Wildman–Crippen LogP) is 7.52. The molecule has 0 aliphatic carbocycles. The van der Waals surface area contributed by atoms with Crippen molar-refractivity contribution >= 4 is 27.8 Å². The van der Waals surface area contributed by atoms with Gasteiger partial charge in [-0.15, -0.1) is 34.5 Å². The van der Waals surface area contributed by atoms with Crippen LogP contribution in [0.5, 0.6) is 0 Å². The van der Waals surface area contributed by atoms with Crippen molar-refractivity contribution < 1.29 is 20.8 Å². The number of benzene rings is 2. The molecule has 0 bridgehead atoms. The molecule has 0 atom stereocenters. The van der Waals surface area contributed by atoms with Crippen LogP contribution in [0.3, 0.4) is 0 Å². The Hall–Kier alpha value is -0.487. The van der Waals surface area contributed by atoms with E-state index in [0.29, 0.717) is 0 Å². The SMILES string of the molecule is Cc1ccccc1-c1c(C)ccc2[cH-]c(C(C)(C)C)cc12.[Cl][Zr][Cl]. The molecule has 0 N–H and O–H groups in total. The maximum absolute atomic E-state index is 4.93. The normalized spacial score (nSPS) is 11.1. The molecule has 0 spiro atoms. The molecule has 3 aromatic carbocycles. The molecule has 3 aromatic rings. The second-order valence-corrected chi connectivity index (χ2v) is 10.9. The second-order valence-electron chi connectivity index (χ2n) is 7.14. The average molecular weight is 438 g/mol. The second kappa shape index (κ2) is 8.26. The van der Waals surface area contributed by atoms with E-state index in [-0.39, 0.29) is 5.41 Å². The molecule has 0 amide bonds. The van der Waals surface area contributed by atoms with E-state index in [9.17, 15) is 0 Å². The molecule has 0 nitrogen and oxygen atoms in total. The van der Waals surface area contributed by atoms with Crippen molar-refractivity contribution in [2.45, 2.75) is 40.0 Å². The van der Waals surface area contributed by atoms with Gasteiger partial charge >= 0.3 is 37.9 Å². The van der Waals surface area contributed by atoms with Gasteiger partial charge in [0.2, 0.25) is 0 Å². The van der Waals surface area contributed by atoms with E-state index in [2.05, 4.69) is 83.1 Å².